The quantitative estimate of drug-likeness (QED) is 0.490. The third-order valence-corrected chi connectivity index (χ3v) is 7.25. The van der Waals surface area contributed by atoms with Crippen molar-refractivity contribution in [3.8, 4) is 0 Å². The zero-order valence-corrected chi connectivity index (χ0v) is 17.3. The Morgan fingerprint density at radius 3 is 2.36 bits per heavy atom. The number of hydrogen-bond acceptors (Lipinski definition) is 4. The van der Waals surface area contributed by atoms with E-state index in [1.54, 1.807) is 42.7 Å². The van der Waals surface area contributed by atoms with Gasteiger partial charge in [0.1, 0.15) is 6.26 Å². The van der Waals surface area contributed by atoms with Crippen molar-refractivity contribution in [3.05, 3.63) is 57.7 Å². The van der Waals surface area contributed by atoms with E-state index < -0.39 is 21.2 Å². The maximum absolute atomic E-state index is 12.8. The summed E-state index contributed by atoms with van der Waals surface area (Å²) < 4.78 is 39.2. The van der Waals surface area contributed by atoms with Gasteiger partial charge in [-0.2, -0.15) is 17.9 Å². The number of sulfonamides is 1. The molecule has 1 aliphatic rings. The zero-order valence-electron chi connectivity index (χ0n) is 13.6. The average molecular weight is 488 g/mol. The summed E-state index contributed by atoms with van der Waals surface area (Å²) in [5.74, 6) is 0. The van der Waals surface area contributed by atoms with Gasteiger partial charge in [-0.05, 0) is 101 Å². The molecule has 0 aliphatic carbocycles. The summed E-state index contributed by atoms with van der Waals surface area (Å²) in [4.78, 5) is 0.984. The fourth-order valence-corrected chi connectivity index (χ4v) is 4.74. The highest BCUT2D eigenvalue weighted by Crippen LogP contribution is 2.23. The second-order valence-corrected chi connectivity index (χ2v) is 10.1. The number of hydrogen-bond donors (Lipinski definition) is 0. The number of rotatable bonds is 4. The van der Waals surface area contributed by atoms with E-state index in [1.807, 2.05) is 12.1 Å². The Morgan fingerprint density at radius 1 is 1.12 bits per heavy atom. The predicted octanol–water partition coefficient (Wildman–Crippen LogP) is 3.22. The first-order valence-corrected chi connectivity index (χ1v) is 11.8. The van der Waals surface area contributed by atoms with Crippen LogP contribution >= 0.6 is 22.6 Å². The average Bonchev–Trinajstić information content (AvgIpc) is 2.62. The third kappa shape index (κ3) is 4.18. The zero-order chi connectivity index (χ0) is 18.0. The molecule has 0 saturated carbocycles. The maximum atomic E-state index is 12.8. The van der Waals surface area contributed by atoms with Crippen LogP contribution in [-0.2, 0) is 21.2 Å². The molecule has 5 nitrogen and oxygen atoms in total. The van der Waals surface area contributed by atoms with Crippen molar-refractivity contribution >= 4 is 49.5 Å². The van der Waals surface area contributed by atoms with Gasteiger partial charge in [0.25, 0.3) is 10.0 Å². The van der Waals surface area contributed by atoms with E-state index in [9.17, 15) is 13.0 Å². The van der Waals surface area contributed by atoms with E-state index in [1.165, 1.54) is 4.41 Å². The van der Waals surface area contributed by atoms with Crippen LogP contribution in [-0.4, -0.2) is 35.9 Å². The van der Waals surface area contributed by atoms with Gasteiger partial charge < -0.3 is 4.55 Å². The summed E-state index contributed by atoms with van der Waals surface area (Å²) in [6.45, 7) is 0.370. The Bertz CT molecular complexity index is 879. The molecule has 1 aliphatic heterocycles. The number of benzene rings is 2. The van der Waals surface area contributed by atoms with Crippen molar-refractivity contribution < 1.29 is 13.0 Å². The molecular weight excluding hydrogens is 471 g/mol. The van der Waals surface area contributed by atoms with Crippen molar-refractivity contribution in [2.24, 2.45) is 5.10 Å². The lowest BCUT2D eigenvalue weighted by molar-refractivity contribution is 0.410. The van der Waals surface area contributed by atoms with Crippen LogP contribution in [0.15, 0.2) is 63.4 Å². The first-order valence-electron chi connectivity index (χ1n) is 7.67. The van der Waals surface area contributed by atoms with Crippen molar-refractivity contribution in [2.75, 3.05) is 12.8 Å². The summed E-state index contributed by atoms with van der Waals surface area (Å²) >= 11 is 1.10. The van der Waals surface area contributed by atoms with Crippen LogP contribution in [0.5, 0.6) is 0 Å². The van der Waals surface area contributed by atoms with Crippen LogP contribution in [0.2, 0.25) is 0 Å². The van der Waals surface area contributed by atoms with Gasteiger partial charge in [0.15, 0.2) is 4.90 Å². The van der Waals surface area contributed by atoms with Gasteiger partial charge in [-0.3, -0.25) is 0 Å². The fourth-order valence-electron chi connectivity index (χ4n) is 2.56. The highest BCUT2D eigenvalue weighted by Gasteiger charge is 2.26. The molecule has 0 saturated heterocycles. The van der Waals surface area contributed by atoms with Gasteiger partial charge in [-0.1, -0.05) is 0 Å². The van der Waals surface area contributed by atoms with Crippen LogP contribution in [0.3, 0.4) is 0 Å². The van der Waals surface area contributed by atoms with Crippen molar-refractivity contribution in [1.29, 1.82) is 0 Å². The number of halogens is 1. The normalized spacial score (nSPS) is 16.4. The standard InChI is InChI=1S/C17H17IN2O3S2/c1-24(21)15-8-4-13(5-9-15)17-3-2-12-20(19-17)25(22,23)16-10-6-14(18)7-11-16/h4-11H,2-3,12H2,1H3. The molecule has 8 heteroatoms. The molecule has 0 amide bonds. The first kappa shape index (κ1) is 18.7. The van der Waals surface area contributed by atoms with Crippen molar-refractivity contribution in [1.82, 2.24) is 4.41 Å². The molecule has 0 aromatic heterocycles. The second-order valence-electron chi connectivity index (χ2n) is 5.63. The molecule has 0 fully saturated rings. The summed E-state index contributed by atoms with van der Waals surface area (Å²) in [6, 6.07) is 14.0. The molecule has 2 aromatic rings. The molecule has 132 valence electrons. The Labute approximate surface area is 164 Å². The summed E-state index contributed by atoms with van der Waals surface area (Å²) in [6.07, 6.45) is 3.06. The molecule has 1 atom stereocenters. The molecule has 1 heterocycles. The summed E-state index contributed by atoms with van der Waals surface area (Å²) in [5.41, 5.74) is 1.59. The third-order valence-electron chi connectivity index (χ3n) is 3.90. The van der Waals surface area contributed by atoms with Gasteiger partial charge in [-0.15, -0.1) is 0 Å². The SMILES string of the molecule is C[S+]([O-])c1ccc(C2=NN(S(=O)(=O)c3ccc(I)cc3)CCC2)cc1. The lowest BCUT2D eigenvalue weighted by atomic mass is 10.1. The lowest BCUT2D eigenvalue weighted by Gasteiger charge is -2.25. The minimum Gasteiger partial charge on any atom is -0.612 e. The van der Waals surface area contributed by atoms with E-state index >= 15 is 0 Å². The molecule has 1 unspecified atom stereocenters. The Morgan fingerprint density at radius 2 is 1.76 bits per heavy atom. The minimum atomic E-state index is -3.65. The molecule has 2 aromatic carbocycles. The maximum Gasteiger partial charge on any atom is 0.279 e. The molecular formula is C17H17IN2O3S2. The topological polar surface area (TPSA) is 72.8 Å². The fraction of sp³-hybridized carbons (Fsp3) is 0.235. The van der Waals surface area contributed by atoms with Crippen LogP contribution in [0, 0.1) is 3.57 Å². The summed E-state index contributed by atoms with van der Waals surface area (Å²) in [5, 5.41) is 4.38. The molecule has 0 radical (unpaired) electrons. The van der Waals surface area contributed by atoms with E-state index in [0.717, 1.165) is 19.7 Å². The van der Waals surface area contributed by atoms with Crippen LogP contribution in [0.25, 0.3) is 0 Å². The second kappa shape index (κ2) is 7.65. The largest absolute Gasteiger partial charge is 0.612 e. The van der Waals surface area contributed by atoms with Crippen molar-refractivity contribution in [2.45, 2.75) is 22.6 Å². The van der Waals surface area contributed by atoms with Gasteiger partial charge in [-0.25, -0.2) is 0 Å². The van der Waals surface area contributed by atoms with Crippen LogP contribution in [0.4, 0.5) is 0 Å². The van der Waals surface area contributed by atoms with Crippen LogP contribution in [0.1, 0.15) is 18.4 Å². The van der Waals surface area contributed by atoms with Crippen LogP contribution < -0.4 is 0 Å². The smallest absolute Gasteiger partial charge is 0.279 e. The molecule has 25 heavy (non-hydrogen) atoms. The molecule has 0 bridgehead atoms. The first-order chi connectivity index (χ1) is 11.9. The minimum absolute atomic E-state index is 0.245. The summed E-state index contributed by atoms with van der Waals surface area (Å²) in [7, 11) is -3.65. The van der Waals surface area contributed by atoms with E-state index in [0.29, 0.717) is 19.4 Å². The number of hydrazone groups is 1. The van der Waals surface area contributed by atoms with E-state index in [4.69, 9.17) is 0 Å². The van der Waals surface area contributed by atoms with E-state index in [2.05, 4.69) is 27.7 Å². The highest BCUT2D eigenvalue weighted by atomic mass is 127. The number of nitrogens with zero attached hydrogens (tertiary/aromatic N) is 2. The molecule has 0 spiro atoms. The predicted molar refractivity (Wildman–Crippen MR) is 108 cm³/mol. The molecule has 3 rings (SSSR count). The highest BCUT2D eigenvalue weighted by molar-refractivity contribution is 14.1. The van der Waals surface area contributed by atoms with Gasteiger partial charge >= 0.3 is 0 Å². The van der Waals surface area contributed by atoms with Gasteiger partial charge in [0.05, 0.1) is 17.2 Å². The monoisotopic (exact) mass is 488 g/mol. The Balaban J connectivity index is 1.90. The Kier molecular flexibility index (Phi) is 5.71. The lowest BCUT2D eigenvalue weighted by Crippen LogP contribution is -2.32. The van der Waals surface area contributed by atoms with Crippen molar-refractivity contribution in [3.63, 3.8) is 0 Å². The van der Waals surface area contributed by atoms with E-state index in [-0.39, 0.29) is 4.90 Å². The Hall–Kier alpha value is -1.10. The van der Waals surface area contributed by atoms with Gasteiger partial charge in [0, 0.05) is 3.57 Å². The van der Waals surface area contributed by atoms with Gasteiger partial charge in [0.2, 0.25) is 0 Å². The molecule has 0 N–H and O–H groups in total.